The Morgan fingerprint density at radius 3 is 2.71 bits per heavy atom. The van der Waals surface area contributed by atoms with Crippen LogP contribution in [0.5, 0.6) is 11.5 Å². The van der Waals surface area contributed by atoms with Crippen molar-refractivity contribution in [3.63, 3.8) is 0 Å². The summed E-state index contributed by atoms with van der Waals surface area (Å²) < 4.78 is 13.2. The number of para-hydroxylation sites is 2. The maximum atomic E-state index is 5.80. The lowest BCUT2D eigenvalue weighted by atomic mass is 9.97. The minimum Gasteiger partial charge on any atom is -0.493 e. The van der Waals surface area contributed by atoms with E-state index < -0.39 is 0 Å². The second-order valence-electron chi connectivity index (χ2n) is 5.77. The van der Waals surface area contributed by atoms with Crippen LogP contribution in [0.15, 0.2) is 29.4 Å². The molecular weight excluding hydrogens is 324 g/mol. The van der Waals surface area contributed by atoms with Gasteiger partial charge in [0.15, 0.2) is 16.7 Å². The van der Waals surface area contributed by atoms with Crippen LogP contribution in [-0.4, -0.2) is 47.3 Å². The molecule has 0 unspecified atom stereocenters. The van der Waals surface area contributed by atoms with Gasteiger partial charge in [-0.05, 0) is 38.1 Å². The van der Waals surface area contributed by atoms with Crippen molar-refractivity contribution in [3.8, 4) is 11.5 Å². The predicted octanol–water partition coefficient (Wildman–Crippen LogP) is 2.46. The molecule has 1 saturated heterocycles. The Morgan fingerprint density at radius 2 is 1.96 bits per heavy atom. The lowest BCUT2D eigenvalue weighted by molar-refractivity contribution is 0.313. The normalized spacial score (nSPS) is 15.4. The maximum absolute atomic E-state index is 5.80. The van der Waals surface area contributed by atoms with Gasteiger partial charge >= 0.3 is 0 Å². The predicted molar refractivity (Wildman–Crippen MR) is 95.1 cm³/mol. The van der Waals surface area contributed by atoms with Gasteiger partial charge in [0, 0.05) is 18.7 Å². The van der Waals surface area contributed by atoms with E-state index in [1.807, 2.05) is 24.3 Å². The molecule has 130 valence electrons. The zero-order valence-electron chi connectivity index (χ0n) is 14.2. The van der Waals surface area contributed by atoms with Crippen LogP contribution in [0.3, 0.4) is 0 Å². The molecule has 0 spiro atoms. The fourth-order valence-electron chi connectivity index (χ4n) is 2.91. The number of nitrogens with zero attached hydrogens (tertiary/aromatic N) is 3. The lowest BCUT2D eigenvalue weighted by Gasteiger charge is -2.21. The number of piperidine rings is 1. The smallest absolute Gasteiger partial charge is 0.191 e. The summed E-state index contributed by atoms with van der Waals surface area (Å²) in [5, 5.41) is 13.1. The Bertz CT molecular complexity index is 656. The molecule has 0 atom stereocenters. The van der Waals surface area contributed by atoms with Crippen molar-refractivity contribution < 1.29 is 9.47 Å². The summed E-state index contributed by atoms with van der Waals surface area (Å²) in [6, 6.07) is 7.69. The summed E-state index contributed by atoms with van der Waals surface area (Å²) in [6.45, 7) is 2.72. The number of aromatic nitrogens is 3. The Labute approximate surface area is 146 Å². The zero-order chi connectivity index (χ0) is 16.8. The largest absolute Gasteiger partial charge is 0.493 e. The highest BCUT2D eigenvalue weighted by Gasteiger charge is 2.21. The molecule has 0 bridgehead atoms. The van der Waals surface area contributed by atoms with Crippen LogP contribution in [0.4, 0.5) is 0 Å². The van der Waals surface area contributed by atoms with E-state index in [1.165, 1.54) is 0 Å². The Balaban J connectivity index is 1.51. The first-order valence-corrected chi connectivity index (χ1v) is 9.26. The van der Waals surface area contributed by atoms with Crippen LogP contribution < -0.4 is 14.8 Å². The van der Waals surface area contributed by atoms with Crippen LogP contribution in [0.1, 0.15) is 24.6 Å². The fraction of sp³-hybridized carbons (Fsp3) is 0.529. The molecule has 0 amide bonds. The van der Waals surface area contributed by atoms with Gasteiger partial charge < -0.3 is 19.4 Å². The molecule has 3 rings (SSSR count). The van der Waals surface area contributed by atoms with Crippen molar-refractivity contribution in [2.45, 2.75) is 23.9 Å². The van der Waals surface area contributed by atoms with Crippen molar-refractivity contribution in [2.24, 2.45) is 7.05 Å². The van der Waals surface area contributed by atoms with Gasteiger partial charge in [0.05, 0.1) is 13.7 Å². The van der Waals surface area contributed by atoms with Gasteiger partial charge in [-0.3, -0.25) is 0 Å². The average molecular weight is 348 g/mol. The number of ether oxygens (including phenoxy) is 2. The minimum atomic E-state index is 0.517. The van der Waals surface area contributed by atoms with E-state index in [9.17, 15) is 0 Å². The van der Waals surface area contributed by atoms with Crippen LogP contribution in [-0.2, 0) is 7.05 Å². The van der Waals surface area contributed by atoms with E-state index in [1.54, 1.807) is 18.9 Å². The van der Waals surface area contributed by atoms with Crippen LogP contribution >= 0.6 is 11.8 Å². The Hall–Kier alpha value is -1.73. The van der Waals surface area contributed by atoms with E-state index in [-0.39, 0.29) is 0 Å². The van der Waals surface area contributed by atoms with Gasteiger partial charge in [-0.2, -0.15) is 0 Å². The molecule has 0 saturated carbocycles. The number of hydrogen-bond acceptors (Lipinski definition) is 6. The van der Waals surface area contributed by atoms with Crippen molar-refractivity contribution in [1.29, 1.82) is 0 Å². The van der Waals surface area contributed by atoms with Crippen LogP contribution in [0, 0.1) is 0 Å². The van der Waals surface area contributed by atoms with Gasteiger partial charge in [-0.15, -0.1) is 10.2 Å². The van der Waals surface area contributed by atoms with Gasteiger partial charge in [-0.25, -0.2) is 0 Å². The Kier molecular flexibility index (Phi) is 5.98. The number of rotatable bonds is 7. The zero-order valence-corrected chi connectivity index (χ0v) is 15.0. The highest BCUT2D eigenvalue weighted by molar-refractivity contribution is 7.99. The molecule has 1 aromatic heterocycles. The van der Waals surface area contributed by atoms with Crippen LogP contribution in [0.25, 0.3) is 0 Å². The topological polar surface area (TPSA) is 61.2 Å². The first kappa shape index (κ1) is 17.1. The molecule has 1 fully saturated rings. The Morgan fingerprint density at radius 1 is 1.21 bits per heavy atom. The molecule has 1 aliphatic heterocycles. The first-order chi connectivity index (χ1) is 11.8. The fourth-order valence-corrected chi connectivity index (χ4v) is 3.65. The number of nitrogens with one attached hydrogen (secondary N) is 1. The molecule has 0 radical (unpaired) electrons. The molecule has 7 heteroatoms. The third-order valence-corrected chi connectivity index (χ3v) is 5.20. The van der Waals surface area contributed by atoms with Crippen molar-refractivity contribution >= 4 is 11.8 Å². The van der Waals surface area contributed by atoms with Gasteiger partial charge in [0.2, 0.25) is 0 Å². The van der Waals surface area contributed by atoms with Crippen molar-refractivity contribution in [2.75, 3.05) is 32.6 Å². The third-order valence-electron chi connectivity index (χ3n) is 4.21. The van der Waals surface area contributed by atoms with E-state index in [0.717, 1.165) is 54.2 Å². The monoisotopic (exact) mass is 348 g/mol. The lowest BCUT2D eigenvalue weighted by Crippen LogP contribution is -2.27. The minimum absolute atomic E-state index is 0.517. The maximum Gasteiger partial charge on any atom is 0.191 e. The van der Waals surface area contributed by atoms with Gasteiger partial charge in [-0.1, -0.05) is 23.9 Å². The summed E-state index contributed by atoms with van der Waals surface area (Å²) in [4.78, 5) is 0. The van der Waals surface area contributed by atoms with Crippen LogP contribution in [0.2, 0.25) is 0 Å². The van der Waals surface area contributed by atoms with E-state index in [0.29, 0.717) is 12.5 Å². The second kappa shape index (κ2) is 8.39. The summed E-state index contributed by atoms with van der Waals surface area (Å²) in [7, 11) is 3.71. The number of methoxy groups -OCH3 is 1. The molecule has 2 aromatic rings. The SMILES string of the molecule is COc1ccccc1OCCSc1nnc(C2CCNCC2)n1C. The second-order valence-corrected chi connectivity index (χ2v) is 6.83. The quantitative estimate of drug-likeness (QED) is 0.613. The molecule has 1 aliphatic rings. The first-order valence-electron chi connectivity index (χ1n) is 8.28. The molecule has 0 aliphatic carbocycles. The third kappa shape index (κ3) is 4.02. The molecule has 2 heterocycles. The summed E-state index contributed by atoms with van der Waals surface area (Å²) in [6.07, 6.45) is 2.26. The number of benzene rings is 1. The highest BCUT2D eigenvalue weighted by atomic mass is 32.2. The molecule has 24 heavy (non-hydrogen) atoms. The molecule has 1 aromatic carbocycles. The summed E-state index contributed by atoms with van der Waals surface area (Å²) in [5.74, 6) is 3.96. The van der Waals surface area contributed by atoms with E-state index in [2.05, 4.69) is 27.1 Å². The number of hydrogen-bond donors (Lipinski definition) is 1. The standard InChI is InChI=1S/C17H24N4O2S/c1-21-16(13-7-9-18-10-8-13)19-20-17(21)24-12-11-23-15-6-4-3-5-14(15)22-2/h3-6,13,18H,7-12H2,1-2H3. The summed E-state index contributed by atoms with van der Waals surface area (Å²) >= 11 is 1.67. The molecule has 1 N–H and O–H groups in total. The molecular formula is C17H24N4O2S. The summed E-state index contributed by atoms with van der Waals surface area (Å²) in [5.41, 5.74) is 0. The average Bonchev–Trinajstić information content (AvgIpc) is 3.00. The van der Waals surface area contributed by atoms with Gasteiger partial charge in [0.25, 0.3) is 0 Å². The van der Waals surface area contributed by atoms with Crippen molar-refractivity contribution in [3.05, 3.63) is 30.1 Å². The van der Waals surface area contributed by atoms with E-state index >= 15 is 0 Å². The van der Waals surface area contributed by atoms with Crippen molar-refractivity contribution in [1.82, 2.24) is 20.1 Å². The van der Waals surface area contributed by atoms with E-state index in [4.69, 9.17) is 9.47 Å². The molecule has 6 nitrogen and oxygen atoms in total. The highest BCUT2D eigenvalue weighted by Crippen LogP contribution is 2.28. The van der Waals surface area contributed by atoms with Gasteiger partial charge in [0.1, 0.15) is 5.82 Å². The number of thioether (sulfide) groups is 1.